The number of nitrogens with one attached hydrogen (secondary N) is 1. The van der Waals surface area contributed by atoms with Crippen LogP contribution in [0.3, 0.4) is 0 Å². The highest BCUT2D eigenvalue weighted by atomic mass is 32.1. The number of alkyl halides is 3. The van der Waals surface area contributed by atoms with Gasteiger partial charge in [0.15, 0.2) is 5.13 Å². The van der Waals surface area contributed by atoms with E-state index in [1.165, 1.54) is 0 Å². The van der Waals surface area contributed by atoms with Crippen LogP contribution >= 0.6 is 11.3 Å². The van der Waals surface area contributed by atoms with E-state index < -0.39 is 11.1 Å². The minimum atomic E-state index is -4.37. The Morgan fingerprint density at radius 3 is 2.83 bits per heavy atom. The lowest BCUT2D eigenvalue weighted by molar-refractivity contribution is -0.134. The number of thiazole rings is 1. The zero-order chi connectivity index (χ0) is 16.4. The molecule has 0 radical (unpaired) electrons. The molecule has 0 saturated carbocycles. The van der Waals surface area contributed by atoms with E-state index in [0.29, 0.717) is 30.8 Å². The van der Waals surface area contributed by atoms with Gasteiger partial charge in [0.2, 0.25) is 5.91 Å². The first kappa shape index (κ1) is 15.8. The number of carbonyl (C=O) groups excluding carboxylic acids is 1. The molecule has 1 N–H and O–H groups in total. The van der Waals surface area contributed by atoms with Gasteiger partial charge in [0, 0.05) is 25.2 Å². The van der Waals surface area contributed by atoms with E-state index in [-0.39, 0.29) is 11.0 Å². The first-order valence-corrected chi connectivity index (χ1v) is 7.91. The Balaban J connectivity index is 1.67. The number of aromatic nitrogens is 1. The van der Waals surface area contributed by atoms with Gasteiger partial charge in [-0.3, -0.25) is 4.79 Å². The number of hydrogen-bond donors (Lipinski definition) is 1. The van der Waals surface area contributed by atoms with Gasteiger partial charge in [0.25, 0.3) is 0 Å². The second-order valence-electron chi connectivity index (χ2n) is 5.20. The van der Waals surface area contributed by atoms with Crippen molar-refractivity contribution in [2.24, 2.45) is 0 Å². The molecule has 1 aliphatic rings. The largest absolute Gasteiger partial charge is 0.427 e. The van der Waals surface area contributed by atoms with Crippen molar-refractivity contribution in [3.8, 4) is 0 Å². The Hall–Kier alpha value is -2.09. The van der Waals surface area contributed by atoms with Crippen LogP contribution in [0.15, 0.2) is 30.5 Å². The molecule has 1 aromatic heterocycles. The SMILES string of the molecule is O=C1CCCN1c1cccc(CNc2ncc(C(F)(F)F)s2)c1. The van der Waals surface area contributed by atoms with Crippen LogP contribution in [0.4, 0.5) is 24.0 Å². The predicted molar refractivity (Wildman–Crippen MR) is 82.5 cm³/mol. The number of nitrogens with zero attached hydrogens (tertiary/aromatic N) is 2. The lowest BCUT2D eigenvalue weighted by Crippen LogP contribution is -2.23. The van der Waals surface area contributed by atoms with Crippen molar-refractivity contribution in [2.45, 2.75) is 25.6 Å². The number of benzene rings is 1. The lowest BCUT2D eigenvalue weighted by Gasteiger charge is -2.16. The van der Waals surface area contributed by atoms with Crippen molar-refractivity contribution in [1.29, 1.82) is 0 Å². The number of amides is 1. The molecule has 0 atom stereocenters. The second-order valence-corrected chi connectivity index (χ2v) is 6.23. The highest BCUT2D eigenvalue weighted by Gasteiger charge is 2.33. The first-order chi connectivity index (χ1) is 10.9. The molecule has 23 heavy (non-hydrogen) atoms. The first-order valence-electron chi connectivity index (χ1n) is 7.10. The third-order valence-corrected chi connectivity index (χ3v) is 4.52. The van der Waals surface area contributed by atoms with Crippen molar-refractivity contribution in [1.82, 2.24) is 4.98 Å². The van der Waals surface area contributed by atoms with Gasteiger partial charge in [-0.15, -0.1) is 0 Å². The maximum absolute atomic E-state index is 12.5. The number of carbonyl (C=O) groups is 1. The molecule has 1 aromatic carbocycles. The third kappa shape index (κ3) is 3.64. The second kappa shape index (κ2) is 6.19. The van der Waals surface area contributed by atoms with Crippen LogP contribution < -0.4 is 10.2 Å². The highest BCUT2D eigenvalue weighted by Crippen LogP contribution is 2.35. The van der Waals surface area contributed by atoms with E-state index in [4.69, 9.17) is 0 Å². The zero-order valence-electron chi connectivity index (χ0n) is 12.1. The molecule has 1 saturated heterocycles. The molecular formula is C15H14F3N3OS. The molecule has 1 fully saturated rings. The van der Waals surface area contributed by atoms with E-state index in [0.717, 1.165) is 23.9 Å². The standard InChI is InChI=1S/C15H14F3N3OS/c16-15(17,18)12-9-20-14(23-12)19-8-10-3-1-4-11(7-10)21-6-2-5-13(21)22/h1,3-4,7,9H,2,5-6,8H2,(H,19,20). The Bertz CT molecular complexity index is 714. The Morgan fingerprint density at radius 2 is 2.17 bits per heavy atom. The summed E-state index contributed by atoms with van der Waals surface area (Å²) in [6, 6.07) is 7.42. The summed E-state index contributed by atoms with van der Waals surface area (Å²) in [5.41, 5.74) is 1.70. The smallest absolute Gasteiger partial charge is 0.357 e. The summed E-state index contributed by atoms with van der Waals surface area (Å²) in [7, 11) is 0. The normalized spacial score (nSPS) is 15.3. The fourth-order valence-corrected chi connectivity index (χ4v) is 3.10. The van der Waals surface area contributed by atoms with Crippen LogP contribution in [-0.4, -0.2) is 17.4 Å². The van der Waals surface area contributed by atoms with Gasteiger partial charge >= 0.3 is 6.18 Å². The minimum absolute atomic E-state index is 0.102. The molecular weight excluding hydrogens is 327 g/mol. The lowest BCUT2D eigenvalue weighted by atomic mass is 10.2. The van der Waals surface area contributed by atoms with Crippen LogP contribution in [0, 0.1) is 0 Å². The monoisotopic (exact) mass is 341 g/mol. The van der Waals surface area contributed by atoms with Gasteiger partial charge in [0.05, 0.1) is 6.20 Å². The van der Waals surface area contributed by atoms with Crippen molar-refractivity contribution in [3.05, 3.63) is 40.9 Å². The summed E-state index contributed by atoms with van der Waals surface area (Å²) in [4.78, 5) is 16.5. The Morgan fingerprint density at radius 1 is 1.35 bits per heavy atom. The van der Waals surface area contributed by atoms with Crippen molar-refractivity contribution in [3.63, 3.8) is 0 Å². The van der Waals surface area contributed by atoms with E-state index in [2.05, 4.69) is 10.3 Å². The molecule has 0 spiro atoms. The number of rotatable bonds is 4. The third-order valence-electron chi connectivity index (χ3n) is 3.52. The molecule has 0 bridgehead atoms. The van der Waals surface area contributed by atoms with Crippen molar-refractivity contribution in [2.75, 3.05) is 16.8 Å². The minimum Gasteiger partial charge on any atom is -0.357 e. The number of anilines is 2. The molecule has 122 valence electrons. The fourth-order valence-electron chi connectivity index (χ4n) is 2.42. The topological polar surface area (TPSA) is 45.2 Å². The van der Waals surface area contributed by atoms with E-state index in [1.807, 2.05) is 24.3 Å². The van der Waals surface area contributed by atoms with E-state index >= 15 is 0 Å². The van der Waals surface area contributed by atoms with Crippen LogP contribution in [0.2, 0.25) is 0 Å². The summed E-state index contributed by atoms with van der Waals surface area (Å²) in [6.07, 6.45) is -2.14. The molecule has 4 nitrogen and oxygen atoms in total. The predicted octanol–water partition coefficient (Wildman–Crippen LogP) is 3.90. The summed E-state index contributed by atoms with van der Waals surface area (Å²) >= 11 is 0.577. The number of halogens is 3. The van der Waals surface area contributed by atoms with Gasteiger partial charge < -0.3 is 10.2 Å². The average molecular weight is 341 g/mol. The van der Waals surface area contributed by atoms with Crippen LogP contribution in [0.1, 0.15) is 23.3 Å². The number of hydrogen-bond acceptors (Lipinski definition) is 4. The molecule has 3 rings (SSSR count). The summed E-state index contributed by atoms with van der Waals surface area (Å²) in [5.74, 6) is 0.102. The molecule has 2 aromatic rings. The average Bonchev–Trinajstić information content (AvgIpc) is 3.14. The van der Waals surface area contributed by atoms with Gasteiger partial charge in [-0.05, 0) is 24.1 Å². The van der Waals surface area contributed by atoms with Crippen molar-refractivity contribution < 1.29 is 18.0 Å². The molecule has 2 heterocycles. The van der Waals surface area contributed by atoms with E-state index in [1.54, 1.807) is 4.90 Å². The van der Waals surface area contributed by atoms with Crippen LogP contribution in [0.25, 0.3) is 0 Å². The molecule has 1 aliphatic heterocycles. The summed E-state index contributed by atoms with van der Waals surface area (Å²) < 4.78 is 37.6. The van der Waals surface area contributed by atoms with Gasteiger partial charge in [0.1, 0.15) is 4.88 Å². The molecule has 0 aliphatic carbocycles. The molecule has 8 heteroatoms. The zero-order valence-corrected chi connectivity index (χ0v) is 12.9. The van der Waals surface area contributed by atoms with Gasteiger partial charge in [-0.1, -0.05) is 23.5 Å². The maximum atomic E-state index is 12.5. The van der Waals surface area contributed by atoms with Crippen LogP contribution in [0.5, 0.6) is 0 Å². The van der Waals surface area contributed by atoms with Gasteiger partial charge in [-0.2, -0.15) is 13.2 Å². The maximum Gasteiger partial charge on any atom is 0.427 e. The summed E-state index contributed by atoms with van der Waals surface area (Å²) in [6.45, 7) is 1.05. The van der Waals surface area contributed by atoms with Gasteiger partial charge in [-0.25, -0.2) is 4.98 Å². The quantitative estimate of drug-likeness (QED) is 0.917. The Labute approximate surface area is 135 Å². The van der Waals surface area contributed by atoms with E-state index in [9.17, 15) is 18.0 Å². The Kier molecular flexibility index (Phi) is 4.25. The van der Waals surface area contributed by atoms with Crippen LogP contribution in [-0.2, 0) is 17.5 Å². The summed E-state index contributed by atoms with van der Waals surface area (Å²) in [5, 5.41) is 3.11. The molecule has 1 amide bonds. The highest BCUT2D eigenvalue weighted by molar-refractivity contribution is 7.15. The molecule has 0 unspecified atom stereocenters. The van der Waals surface area contributed by atoms with Crippen molar-refractivity contribution >= 4 is 28.1 Å². The fraction of sp³-hybridized carbons (Fsp3) is 0.333.